The van der Waals surface area contributed by atoms with E-state index < -0.39 is 0 Å². The summed E-state index contributed by atoms with van der Waals surface area (Å²) in [6.07, 6.45) is 1.05. The van der Waals surface area contributed by atoms with Crippen molar-refractivity contribution in [1.29, 1.82) is 0 Å². The topological polar surface area (TPSA) is 39.7 Å². The summed E-state index contributed by atoms with van der Waals surface area (Å²) in [6, 6.07) is 15.7. The molecule has 2 aromatic carbocycles. The summed E-state index contributed by atoms with van der Waals surface area (Å²) in [6.45, 7) is 16.1. The average Bonchev–Trinajstić information content (AvgIpc) is 3.32. The fraction of sp³-hybridized carbons (Fsp3) is 0.517. The molecular formula is C29H38N4OS. The summed E-state index contributed by atoms with van der Waals surface area (Å²) in [7, 11) is 1.96. The highest BCUT2D eigenvalue weighted by Gasteiger charge is 2.53. The molecule has 0 radical (unpaired) electrons. The number of fused-ring (bicyclic) bond motifs is 2. The molecule has 0 bridgehead atoms. The van der Waals surface area contributed by atoms with E-state index in [1.54, 1.807) is 18.5 Å². The SMILES string of the molecule is CC(=O)N(C)C1C(C)(C)c2ccc(CCN3CCN(c4nsc5ccccc45)CC3)cc2C1(C)C. The highest BCUT2D eigenvalue weighted by atomic mass is 32.1. The lowest BCUT2D eigenvalue weighted by Crippen LogP contribution is -2.52. The Balaban J connectivity index is 1.25. The Bertz CT molecular complexity index is 1240. The summed E-state index contributed by atoms with van der Waals surface area (Å²) in [5, 5.41) is 1.28. The van der Waals surface area contributed by atoms with Crippen LogP contribution in [0.2, 0.25) is 0 Å². The maximum absolute atomic E-state index is 12.3. The molecule has 1 amide bonds. The summed E-state index contributed by atoms with van der Waals surface area (Å²) in [4.78, 5) is 19.3. The summed E-state index contributed by atoms with van der Waals surface area (Å²) >= 11 is 1.60. The van der Waals surface area contributed by atoms with Gasteiger partial charge in [-0.3, -0.25) is 9.69 Å². The van der Waals surface area contributed by atoms with Crippen LogP contribution in [0.15, 0.2) is 42.5 Å². The van der Waals surface area contributed by atoms with Crippen molar-refractivity contribution in [3.8, 4) is 0 Å². The molecule has 6 heteroatoms. The quantitative estimate of drug-likeness (QED) is 0.500. The van der Waals surface area contributed by atoms with E-state index in [2.05, 4.69) is 80.0 Å². The zero-order valence-electron chi connectivity index (χ0n) is 22.0. The number of rotatable bonds is 5. The zero-order chi connectivity index (χ0) is 25.0. The van der Waals surface area contributed by atoms with Crippen LogP contribution in [-0.4, -0.2) is 65.9 Å². The third-order valence-electron chi connectivity index (χ3n) is 8.47. The lowest BCUT2D eigenvalue weighted by Gasteiger charge is -2.42. The fourth-order valence-electron chi connectivity index (χ4n) is 6.76. The van der Waals surface area contributed by atoms with Gasteiger partial charge in [-0.05, 0) is 46.8 Å². The van der Waals surface area contributed by atoms with E-state index in [1.807, 2.05) is 11.9 Å². The molecule has 0 N–H and O–H groups in total. The van der Waals surface area contributed by atoms with Gasteiger partial charge in [-0.1, -0.05) is 58.0 Å². The monoisotopic (exact) mass is 490 g/mol. The number of amides is 1. The van der Waals surface area contributed by atoms with Crippen LogP contribution in [0, 0.1) is 0 Å². The summed E-state index contributed by atoms with van der Waals surface area (Å²) < 4.78 is 6.02. The molecule has 5 nitrogen and oxygen atoms in total. The molecule has 1 saturated heterocycles. The second-order valence-electron chi connectivity index (χ2n) is 11.4. The minimum atomic E-state index is -0.0861. The van der Waals surface area contributed by atoms with E-state index in [-0.39, 0.29) is 22.8 Å². The standard InChI is InChI=1S/C29H38N4OS/c1-20(34)31(6)27-28(2,3)23-12-11-21(19-24(23)29(27,4)5)13-14-32-15-17-33(18-16-32)26-22-9-7-8-10-25(22)35-30-26/h7-12,19,27H,13-18H2,1-6H3. The van der Waals surface area contributed by atoms with Crippen molar-refractivity contribution in [2.24, 2.45) is 0 Å². The largest absolute Gasteiger partial charge is 0.353 e. The number of carbonyl (C=O) groups excluding carboxylic acids is 1. The predicted octanol–water partition coefficient (Wildman–Crippen LogP) is 5.08. The number of likely N-dealkylation sites (N-methyl/N-ethyl adjacent to an activating group) is 1. The van der Waals surface area contributed by atoms with Crippen LogP contribution in [0.25, 0.3) is 10.1 Å². The lowest BCUT2D eigenvalue weighted by molar-refractivity contribution is -0.132. The van der Waals surface area contributed by atoms with Gasteiger partial charge >= 0.3 is 0 Å². The van der Waals surface area contributed by atoms with Gasteiger partial charge in [-0.2, -0.15) is 4.37 Å². The minimum absolute atomic E-state index is 0.0754. The number of aromatic nitrogens is 1. The van der Waals surface area contributed by atoms with Crippen molar-refractivity contribution in [3.05, 3.63) is 59.2 Å². The fourth-order valence-corrected chi connectivity index (χ4v) is 7.56. The van der Waals surface area contributed by atoms with E-state index in [0.29, 0.717) is 0 Å². The Hall–Kier alpha value is -2.44. The maximum Gasteiger partial charge on any atom is 0.219 e. The smallest absolute Gasteiger partial charge is 0.219 e. The molecule has 0 spiro atoms. The van der Waals surface area contributed by atoms with Crippen molar-refractivity contribution >= 4 is 33.3 Å². The molecule has 3 aromatic rings. The van der Waals surface area contributed by atoms with E-state index in [9.17, 15) is 4.79 Å². The van der Waals surface area contributed by atoms with Gasteiger partial charge in [0.15, 0.2) is 0 Å². The van der Waals surface area contributed by atoms with E-state index in [1.165, 1.54) is 26.8 Å². The number of hydrogen-bond acceptors (Lipinski definition) is 5. The van der Waals surface area contributed by atoms with Crippen LogP contribution >= 0.6 is 11.5 Å². The molecule has 0 saturated carbocycles. The van der Waals surface area contributed by atoms with Crippen LogP contribution in [0.3, 0.4) is 0 Å². The molecule has 1 aliphatic heterocycles. The number of piperazine rings is 1. The molecule has 186 valence electrons. The van der Waals surface area contributed by atoms with Gasteiger partial charge in [0.05, 0.1) is 4.70 Å². The Kier molecular flexibility index (Phi) is 6.17. The van der Waals surface area contributed by atoms with Gasteiger partial charge in [-0.15, -0.1) is 0 Å². The number of anilines is 1. The third kappa shape index (κ3) is 4.15. The molecule has 1 aromatic heterocycles. The van der Waals surface area contributed by atoms with E-state index in [4.69, 9.17) is 4.37 Å². The second kappa shape index (κ2) is 8.90. The molecule has 1 aliphatic carbocycles. The number of nitrogens with zero attached hydrogens (tertiary/aromatic N) is 4. The first-order chi connectivity index (χ1) is 16.6. The Morgan fingerprint density at radius 3 is 2.43 bits per heavy atom. The van der Waals surface area contributed by atoms with Gasteiger partial charge in [0, 0.05) is 69.0 Å². The Morgan fingerprint density at radius 1 is 1.03 bits per heavy atom. The molecule has 1 fully saturated rings. The first kappa shape index (κ1) is 24.3. The van der Waals surface area contributed by atoms with Crippen molar-refractivity contribution < 1.29 is 4.79 Å². The Morgan fingerprint density at radius 2 is 1.71 bits per heavy atom. The van der Waals surface area contributed by atoms with Gasteiger partial charge < -0.3 is 9.80 Å². The first-order valence-electron chi connectivity index (χ1n) is 12.8. The molecule has 35 heavy (non-hydrogen) atoms. The summed E-state index contributed by atoms with van der Waals surface area (Å²) in [5.74, 6) is 1.28. The molecule has 5 rings (SSSR count). The van der Waals surface area contributed by atoms with Gasteiger partial charge in [0.25, 0.3) is 0 Å². The predicted molar refractivity (Wildman–Crippen MR) is 147 cm³/mol. The van der Waals surface area contributed by atoms with Crippen LogP contribution in [0.4, 0.5) is 5.82 Å². The highest BCUT2D eigenvalue weighted by Crippen LogP contribution is 2.51. The van der Waals surface area contributed by atoms with E-state index in [0.717, 1.165) is 45.0 Å². The van der Waals surface area contributed by atoms with Crippen molar-refractivity contribution in [2.75, 3.05) is 44.7 Å². The van der Waals surface area contributed by atoms with Gasteiger partial charge in [0.2, 0.25) is 5.91 Å². The first-order valence-corrected chi connectivity index (χ1v) is 13.6. The second-order valence-corrected chi connectivity index (χ2v) is 12.2. The van der Waals surface area contributed by atoms with Gasteiger partial charge in [-0.25, -0.2) is 0 Å². The zero-order valence-corrected chi connectivity index (χ0v) is 22.8. The molecule has 1 unspecified atom stereocenters. The summed E-state index contributed by atoms with van der Waals surface area (Å²) in [5.41, 5.74) is 4.02. The average molecular weight is 491 g/mol. The van der Waals surface area contributed by atoms with Gasteiger partial charge in [0.1, 0.15) is 5.82 Å². The van der Waals surface area contributed by atoms with Crippen LogP contribution in [0.5, 0.6) is 0 Å². The number of benzene rings is 2. The maximum atomic E-state index is 12.3. The normalized spacial score (nSPS) is 21.3. The van der Waals surface area contributed by atoms with E-state index >= 15 is 0 Å². The number of carbonyl (C=O) groups is 1. The van der Waals surface area contributed by atoms with Crippen LogP contribution < -0.4 is 4.90 Å². The number of hydrogen-bond donors (Lipinski definition) is 0. The lowest BCUT2D eigenvalue weighted by atomic mass is 9.75. The molecule has 1 atom stereocenters. The molecular weight excluding hydrogens is 452 g/mol. The van der Waals surface area contributed by atoms with Crippen LogP contribution in [-0.2, 0) is 22.0 Å². The molecule has 2 heterocycles. The van der Waals surface area contributed by atoms with Crippen LogP contribution in [0.1, 0.15) is 51.3 Å². The van der Waals surface area contributed by atoms with Crippen molar-refractivity contribution in [2.45, 2.75) is 57.9 Å². The minimum Gasteiger partial charge on any atom is -0.353 e. The van der Waals surface area contributed by atoms with Crippen molar-refractivity contribution in [1.82, 2.24) is 14.2 Å². The highest BCUT2D eigenvalue weighted by molar-refractivity contribution is 7.13. The Labute approximate surface area is 213 Å². The molecule has 2 aliphatic rings. The van der Waals surface area contributed by atoms with Crippen molar-refractivity contribution in [3.63, 3.8) is 0 Å². The third-order valence-corrected chi connectivity index (χ3v) is 9.29.